The van der Waals surface area contributed by atoms with Gasteiger partial charge in [-0.1, -0.05) is 64.5 Å². The van der Waals surface area contributed by atoms with Crippen molar-refractivity contribution in [1.82, 2.24) is 5.32 Å². The standard InChI is InChI=1S/C20H33NOS/c1-7-10-11-12-13-19(9-3)14-21-20(22)17(5)15-23-18(6)16(4)8-2/h9-13,15-16,18H,7-8,14H2,1-6H3,(H,21,22)/b11-10-,13-12-,17-15+,19-9+. The van der Waals surface area contributed by atoms with E-state index < -0.39 is 0 Å². The minimum absolute atomic E-state index is 0.00528. The fourth-order valence-corrected chi connectivity index (χ4v) is 2.69. The van der Waals surface area contributed by atoms with Crippen molar-refractivity contribution in [3.63, 3.8) is 0 Å². The molecule has 0 radical (unpaired) electrons. The molecule has 0 rings (SSSR count). The first-order chi connectivity index (χ1) is 11.0. The van der Waals surface area contributed by atoms with Gasteiger partial charge in [-0.15, -0.1) is 11.8 Å². The second-order valence-electron chi connectivity index (χ2n) is 5.77. The van der Waals surface area contributed by atoms with E-state index in [0.717, 1.165) is 24.0 Å². The lowest BCUT2D eigenvalue weighted by Gasteiger charge is -2.16. The average molecular weight is 336 g/mol. The predicted octanol–water partition coefficient (Wildman–Crippen LogP) is 5.64. The van der Waals surface area contributed by atoms with E-state index in [4.69, 9.17) is 0 Å². The van der Waals surface area contributed by atoms with Gasteiger partial charge in [0.2, 0.25) is 5.91 Å². The number of nitrogens with one attached hydrogen (secondary N) is 1. The van der Waals surface area contributed by atoms with Crippen molar-refractivity contribution in [3.8, 4) is 0 Å². The molecule has 1 N–H and O–H groups in total. The van der Waals surface area contributed by atoms with E-state index >= 15 is 0 Å². The molecule has 2 nitrogen and oxygen atoms in total. The Bertz CT molecular complexity index is 460. The van der Waals surface area contributed by atoms with E-state index in [1.54, 1.807) is 11.8 Å². The molecule has 0 aromatic carbocycles. The van der Waals surface area contributed by atoms with Gasteiger partial charge in [0, 0.05) is 17.4 Å². The van der Waals surface area contributed by atoms with Crippen LogP contribution in [0.25, 0.3) is 0 Å². The molecule has 0 aromatic heterocycles. The molecule has 0 bridgehead atoms. The highest BCUT2D eigenvalue weighted by Gasteiger charge is 2.10. The third kappa shape index (κ3) is 10.2. The molecule has 0 saturated carbocycles. The molecule has 1 amide bonds. The van der Waals surface area contributed by atoms with Crippen LogP contribution < -0.4 is 5.32 Å². The van der Waals surface area contributed by atoms with Gasteiger partial charge in [-0.2, -0.15) is 0 Å². The molecular weight excluding hydrogens is 302 g/mol. The SMILES string of the molecule is C\C=C(/C=C\C=C/CC)CNC(=O)/C(C)=C/SC(C)C(C)CC. The van der Waals surface area contributed by atoms with E-state index in [9.17, 15) is 4.79 Å². The Balaban J connectivity index is 4.40. The highest BCUT2D eigenvalue weighted by Crippen LogP contribution is 2.23. The molecule has 2 atom stereocenters. The van der Waals surface area contributed by atoms with Crippen molar-refractivity contribution in [2.75, 3.05) is 6.54 Å². The minimum Gasteiger partial charge on any atom is -0.348 e. The second-order valence-corrected chi connectivity index (χ2v) is 7.02. The van der Waals surface area contributed by atoms with Gasteiger partial charge in [0.05, 0.1) is 0 Å². The molecule has 3 heteroatoms. The van der Waals surface area contributed by atoms with Crippen LogP contribution in [0.1, 0.15) is 54.4 Å². The Morgan fingerprint density at radius 1 is 1.22 bits per heavy atom. The monoisotopic (exact) mass is 335 g/mol. The zero-order valence-electron chi connectivity index (χ0n) is 15.6. The van der Waals surface area contributed by atoms with Gasteiger partial charge in [0.1, 0.15) is 0 Å². The van der Waals surface area contributed by atoms with Gasteiger partial charge >= 0.3 is 0 Å². The molecular formula is C20H33NOS. The Morgan fingerprint density at radius 3 is 2.48 bits per heavy atom. The maximum atomic E-state index is 12.1. The van der Waals surface area contributed by atoms with Crippen LogP contribution in [0.3, 0.4) is 0 Å². The molecule has 0 heterocycles. The van der Waals surface area contributed by atoms with Crippen molar-refractivity contribution in [2.45, 2.75) is 59.6 Å². The lowest BCUT2D eigenvalue weighted by atomic mass is 10.1. The van der Waals surface area contributed by atoms with Crippen LogP contribution in [0, 0.1) is 5.92 Å². The summed E-state index contributed by atoms with van der Waals surface area (Å²) in [6.07, 6.45) is 12.4. The Hall–Kier alpha value is -1.22. The van der Waals surface area contributed by atoms with E-state index in [0.29, 0.717) is 17.7 Å². The molecule has 2 unspecified atom stereocenters. The van der Waals surface area contributed by atoms with Gasteiger partial charge in [-0.3, -0.25) is 4.79 Å². The maximum absolute atomic E-state index is 12.1. The largest absolute Gasteiger partial charge is 0.348 e. The molecule has 0 aromatic rings. The lowest BCUT2D eigenvalue weighted by Crippen LogP contribution is -2.25. The van der Waals surface area contributed by atoms with Crippen LogP contribution in [0.15, 0.2) is 46.9 Å². The van der Waals surface area contributed by atoms with Gasteiger partial charge in [0.15, 0.2) is 0 Å². The molecule has 0 aliphatic carbocycles. The molecule has 0 aliphatic heterocycles. The van der Waals surface area contributed by atoms with Crippen LogP contribution in [0.4, 0.5) is 0 Å². The highest BCUT2D eigenvalue weighted by atomic mass is 32.2. The van der Waals surface area contributed by atoms with Crippen molar-refractivity contribution >= 4 is 17.7 Å². The lowest BCUT2D eigenvalue weighted by molar-refractivity contribution is -0.117. The summed E-state index contributed by atoms with van der Waals surface area (Å²) in [5.74, 6) is 0.661. The summed E-state index contributed by atoms with van der Waals surface area (Å²) in [6.45, 7) is 13.2. The van der Waals surface area contributed by atoms with Crippen LogP contribution in [-0.4, -0.2) is 17.7 Å². The average Bonchev–Trinajstić information content (AvgIpc) is 2.57. The summed E-state index contributed by atoms with van der Waals surface area (Å²) in [6, 6.07) is 0. The van der Waals surface area contributed by atoms with Crippen molar-refractivity contribution in [3.05, 3.63) is 46.9 Å². The van der Waals surface area contributed by atoms with Crippen LogP contribution in [0.2, 0.25) is 0 Å². The van der Waals surface area contributed by atoms with E-state index in [1.165, 1.54) is 0 Å². The molecule has 23 heavy (non-hydrogen) atoms. The highest BCUT2D eigenvalue weighted by molar-refractivity contribution is 8.02. The fraction of sp³-hybridized carbons (Fsp3) is 0.550. The van der Waals surface area contributed by atoms with Crippen LogP contribution >= 0.6 is 11.8 Å². The summed E-state index contributed by atoms with van der Waals surface area (Å²) in [4.78, 5) is 12.1. The first-order valence-corrected chi connectivity index (χ1v) is 9.49. The Kier molecular flexibility index (Phi) is 12.5. The first-order valence-electron chi connectivity index (χ1n) is 8.54. The summed E-state index contributed by atoms with van der Waals surface area (Å²) in [7, 11) is 0. The number of amides is 1. The second kappa shape index (κ2) is 13.2. The molecule has 0 saturated heterocycles. The summed E-state index contributed by atoms with van der Waals surface area (Å²) in [5.41, 5.74) is 1.88. The van der Waals surface area contributed by atoms with Crippen LogP contribution in [-0.2, 0) is 4.79 Å². The third-order valence-corrected chi connectivity index (χ3v) is 5.26. The fourth-order valence-electron chi connectivity index (χ4n) is 1.70. The summed E-state index contributed by atoms with van der Waals surface area (Å²) in [5, 5.41) is 5.49. The normalized spacial score (nSPS) is 16.1. The first kappa shape index (κ1) is 21.8. The van der Waals surface area contributed by atoms with E-state index in [-0.39, 0.29) is 5.91 Å². The van der Waals surface area contributed by atoms with Crippen molar-refractivity contribution in [2.24, 2.45) is 5.92 Å². The summed E-state index contributed by atoms with van der Waals surface area (Å²) < 4.78 is 0. The predicted molar refractivity (Wildman–Crippen MR) is 106 cm³/mol. The number of hydrogen-bond acceptors (Lipinski definition) is 2. The smallest absolute Gasteiger partial charge is 0.247 e. The quantitative estimate of drug-likeness (QED) is 0.413. The molecule has 0 spiro atoms. The van der Waals surface area contributed by atoms with Crippen molar-refractivity contribution < 1.29 is 4.79 Å². The van der Waals surface area contributed by atoms with E-state index in [2.05, 4.69) is 39.1 Å². The Morgan fingerprint density at radius 2 is 1.91 bits per heavy atom. The molecule has 0 aliphatic rings. The topological polar surface area (TPSA) is 29.1 Å². The summed E-state index contributed by atoms with van der Waals surface area (Å²) >= 11 is 1.74. The van der Waals surface area contributed by atoms with Gasteiger partial charge in [0.25, 0.3) is 0 Å². The number of allylic oxidation sites excluding steroid dienone is 4. The zero-order valence-corrected chi connectivity index (χ0v) is 16.4. The van der Waals surface area contributed by atoms with Gasteiger partial charge in [-0.25, -0.2) is 0 Å². The number of rotatable bonds is 10. The Labute approximate surface area is 147 Å². The third-order valence-electron chi connectivity index (χ3n) is 3.88. The minimum atomic E-state index is 0.00528. The number of carbonyl (C=O) groups excluding carboxylic acids is 1. The number of carbonyl (C=O) groups is 1. The number of hydrogen-bond donors (Lipinski definition) is 1. The molecule has 0 fully saturated rings. The van der Waals surface area contributed by atoms with Crippen molar-refractivity contribution in [1.29, 1.82) is 0 Å². The molecule has 130 valence electrons. The zero-order chi connectivity index (χ0) is 17.7. The van der Waals surface area contributed by atoms with Gasteiger partial charge < -0.3 is 5.32 Å². The number of thioether (sulfide) groups is 1. The van der Waals surface area contributed by atoms with E-state index in [1.807, 2.05) is 43.6 Å². The van der Waals surface area contributed by atoms with Crippen LogP contribution in [0.5, 0.6) is 0 Å². The maximum Gasteiger partial charge on any atom is 0.247 e. The van der Waals surface area contributed by atoms with Gasteiger partial charge in [-0.05, 0) is 37.2 Å².